The summed E-state index contributed by atoms with van der Waals surface area (Å²) in [4.78, 5) is 19.7. The molecule has 1 saturated carbocycles. The van der Waals surface area contributed by atoms with Gasteiger partial charge in [-0.2, -0.15) is 5.10 Å². The number of H-pyrrole nitrogens is 2. The van der Waals surface area contributed by atoms with Gasteiger partial charge >= 0.3 is 0 Å². The zero-order valence-electron chi connectivity index (χ0n) is 13.1. The molecule has 124 valence electrons. The lowest BCUT2D eigenvalue weighted by atomic mass is 9.98. The summed E-state index contributed by atoms with van der Waals surface area (Å²) in [7, 11) is 0. The average Bonchev–Trinajstić information content (AvgIpc) is 3.33. The molecule has 0 bridgehead atoms. The second-order valence-corrected chi connectivity index (χ2v) is 6.44. The van der Waals surface area contributed by atoms with Gasteiger partial charge in [0, 0.05) is 17.1 Å². The average molecular weight is 335 g/mol. The van der Waals surface area contributed by atoms with Crippen LogP contribution in [0.25, 0.3) is 33.1 Å². The normalized spacial score (nSPS) is 14.4. The molecule has 3 heterocycles. The molecule has 0 amide bonds. The Morgan fingerprint density at radius 3 is 2.88 bits per heavy atom. The Kier molecular flexibility index (Phi) is 2.77. The van der Waals surface area contributed by atoms with Crippen LogP contribution < -0.4 is 11.3 Å². The molecule has 7 heteroatoms. The standard InChI is InChI=1S/C18H14FN5O/c19-12-4-3-10(11-7-22-24-16(11)12)14-15(20)18(25)23-13-5-9(8-1-2-8)6-21-17(13)14/h3-8H,1-2,20H2,(H,22,24)(H,23,25). The summed E-state index contributed by atoms with van der Waals surface area (Å²) < 4.78 is 14.0. The van der Waals surface area contributed by atoms with Gasteiger partial charge in [-0.05, 0) is 42.0 Å². The van der Waals surface area contributed by atoms with Crippen molar-refractivity contribution >= 4 is 27.6 Å². The Bertz CT molecular complexity index is 1210. The third kappa shape index (κ3) is 2.05. The van der Waals surface area contributed by atoms with Crippen molar-refractivity contribution in [3.05, 3.63) is 52.3 Å². The lowest BCUT2D eigenvalue weighted by molar-refractivity contribution is 0.636. The molecule has 1 aliphatic carbocycles. The summed E-state index contributed by atoms with van der Waals surface area (Å²) >= 11 is 0. The highest BCUT2D eigenvalue weighted by Crippen LogP contribution is 2.41. The van der Waals surface area contributed by atoms with Gasteiger partial charge < -0.3 is 10.7 Å². The summed E-state index contributed by atoms with van der Waals surface area (Å²) in [6, 6.07) is 4.90. The number of nitrogens with zero attached hydrogens (tertiary/aromatic N) is 2. The number of nitrogens with two attached hydrogens (primary N) is 1. The number of pyridine rings is 2. The molecule has 0 saturated heterocycles. The van der Waals surface area contributed by atoms with Crippen LogP contribution in [-0.2, 0) is 0 Å². The Hall–Kier alpha value is -3.22. The Labute approximate surface area is 140 Å². The maximum absolute atomic E-state index is 14.0. The lowest BCUT2D eigenvalue weighted by Crippen LogP contribution is -2.14. The van der Waals surface area contributed by atoms with E-state index in [1.165, 1.54) is 12.3 Å². The van der Waals surface area contributed by atoms with Crippen molar-refractivity contribution in [2.75, 3.05) is 5.73 Å². The van der Waals surface area contributed by atoms with E-state index in [1.807, 2.05) is 12.3 Å². The van der Waals surface area contributed by atoms with Gasteiger partial charge in [-0.25, -0.2) is 4.39 Å². The fourth-order valence-corrected chi connectivity index (χ4v) is 3.34. The lowest BCUT2D eigenvalue weighted by Gasteiger charge is -2.11. The van der Waals surface area contributed by atoms with Gasteiger partial charge in [0.1, 0.15) is 17.0 Å². The van der Waals surface area contributed by atoms with Gasteiger partial charge in [0.15, 0.2) is 0 Å². The third-order valence-electron chi connectivity index (χ3n) is 4.79. The van der Waals surface area contributed by atoms with Crippen molar-refractivity contribution in [3.63, 3.8) is 0 Å². The summed E-state index contributed by atoms with van der Waals surface area (Å²) in [5.41, 5.74) is 9.53. The monoisotopic (exact) mass is 335 g/mol. The number of hydrogen-bond acceptors (Lipinski definition) is 4. The first-order valence-corrected chi connectivity index (χ1v) is 8.07. The van der Waals surface area contributed by atoms with Crippen LogP contribution >= 0.6 is 0 Å². The first kappa shape index (κ1) is 14.2. The summed E-state index contributed by atoms with van der Waals surface area (Å²) in [5.74, 6) is 0.112. The highest BCUT2D eigenvalue weighted by Gasteiger charge is 2.25. The largest absolute Gasteiger partial charge is 0.394 e. The summed E-state index contributed by atoms with van der Waals surface area (Å²) in [6.07, 6.45) is 5.65. The highest BCUT2D eigenvalue weighted by molar-refractivity contribution is 6.06. The van der Waals surface area contributed by atoms with Crippen molar-refractivity contribution in [2.24, 2.45) is 0 Å². The molecule has 1 aliphatic rings. The van der Waals surface area contributed by atoms with Crippen LogP contribution in [0, 0.1) is 5.82 Å². The number of aromatic amines is 2. The molecular formula is C18H14FN5O. The maximum Gasteiger partial charge on any atom is 0.272 e. The van der Waals surface area contributed by atoms with Crippen LogP contribution in [0.4, 0.5) is 10.1 Å². The molecule has 1 fully saturated rings. The van der Waals surface area contributed by atoms with E-state index in [0.717, 1.165) is 18.4 Å². The number of aromatic nitrogens is 4. The molecule has 6 nitrogen and oxygen atoms in total. The molecule has 1 aromatic carbocycles. The molecule has 4 aromatic rings. The topological polar surface area (TPSA) is 100 Å². The van der Waals surface area contributed by atoms with Crippen molar-refractivity contribution in [2.45, 2.75) is 18.8 Å². The number of hydrogen-bond donors (Lipinski definition) is 3. The minimum Gasteiger partial charge on any atom is -0.394 e. The minimum atomic E-state index is -0.409. The van der Waals surface area contributed by atoms with Crippen LogP contribution in [-0.4, -0.2) is 20.2 Å². The third-order valence-corrected chi connectivity index (χ3v) is 4.79. The molecule has 0 unspecified atom stereocenters. The van der Waals surface area contributed by atoms with Crippen molar-refractivity contribution in [1.82, 2.24) is 20.2 Å². The Morgan fingerprint density at radius 1 is 1.24 bits per heavy atom. The minimum absolute atomic E-state index is 0.0632. The number of anilines is 1. The predicted molar refractivity (Wildman–Crippen MR) is 93.8 cm³/mol. The summed E-state index contributed by atoms with van der Waals surface area (Å²) in [6.45, 7) is 0. The quantitative estimate of drug-likeness (QED) is 0.524. The first-order chi connectivity index (χ1) is 12.1. The van der Waals surface area contributed by atoms with Crippen LogP contribution in [0.1, 0.15) is 24.3 Å². The van der Waals surface area contributed by atoms with Crippen LogP contribution in [0.2, 0.25) is 0 Å². The molecule has 0 atom stereocenters. The van der Waals surface area contributed by atoms with Crippen LogP contribution in [0.5, 0.6) is 0 Å². The van der Waals surface area contributed by atoms with Gasteiger partial charge in [-0.3, -0.25) is 14.9 Å². The van der Waals surface area contributed by atoms with Gasteiger partial charge in [0.2, 0.25) is 0 Å². The molecule has 0 radical (unpaired) electrons. The number of rotatable bonds is 2. The molecule has 0 spiro atoms. The van der Waals surface area contributed by atoms with E-state index in [-0.39, 0.29) is 16.8 Å². The number of fused-ring (bicyclic) bond motifs is 2. The highest BCUT2D eigenvalue weighted by atomic mass is 19.1. The van der Waals surface area contributed by atoms with Gasteiger partial charge in [-0.15, -0.1) is 0 Å². The first-order valence-electron chi connectivity index (χ1n) is 8.07. The van der Waals surface area contributed by atoms with Gasteiger partial charge in [0.05, 0.1) is 17.2 Å². The van der Waals surface area contributed by atoms with Gasteiger partial charge in [-0.1, -0.05) is 6.07 Å². The van der Waals surface area contributed by atoms with Crippen molar-refractivity contribution < 1.29 is 4.39 Å². The zero-order chi connectivity index (χ0) is 17.1. The second kappa shape index (κ2) is 4.89. The van der Waals surface area contributed by atoms with E-state index in [2.05, 4.69) is 20.2 Å². The molecule has 4 N–H and O–H groups in total. The fourth-order valence-electron chi connectivity index (χ4n) is 3.34. The van der Waals surface area contributed by atoms with E-state index < -0.39 is 5.82 Å². The molecule has 3 aromatic heterocycles. The van der Waals surface area contributed by atoms with E-state index in [0.29, 0.717) is 33.5 Å². The predicted octanol–water partition coefficient (Wildman–Crippen LogP) is 3.07. The van der Waals surface area contributed by atoms with E-state index in [9.17, 15) is 9.18 Å². The number of nitrogens with one attached hydrogen (secondary N) is 2. The Morgan fingerprint density at radius 2 is 2.08 bits per heavy atom. The number of halogens is 1. The van der Waals surface area contributed by atoms with E-state index >= 15 is 0 Å². The second-order valence-electron chi connectivity index (χ2n) is 6.44. The smallest absolute Gasteiger partial charge is 0.272 e. The Balaban J connectivity index is 1.88. The summed E-state index contributed by atoms with van der Waals surface area (Å²) in [5, 5.41) is 7.12. The van der Waals surface area contributed by atoms with Crippen molar-refractivity contribution in [1.29, 1.82) is 0 Å². The number of nitrogen functional groups attached to an aromatic ring is 1. The zero-order valence-corrected chi connectivity index (χ0v) is 13.1. The SMILES string of the molecule is Nc1c(-c2ccc(F)c3[nH]ncc23)c2ncc(C3CC3)cc2[nH]c1=O. The van der Waals surface area contributed by atoms with Gasteiger partial charge in [0.25, 0.3) is 5.56 Å². The van der Waals surface area contributed by atoms with E-state index in [1.54, 1.807) is 6.07 Å². The molecular weight excluding hydrogens is 321 g/mol. The number of benzene rings is 1. The van der Waals surface area contributed by atoms with Crippen molar-refractivity contribution in [3.8, 4) is 11.1 Å². The fraction of sp³-hybridized carbons (Fsp3) is 0.167. The van der Waals surface area contributed by atoms with Crippen LogP contribution in [0.3, 0.4) is 0 Å². The molecule has 25 heavy (non-hydrogen) atoms. The molecule has 5 rings (SSSR count). The maximum atomic E-state index is 14.0. The molecule has 0 aliphatic heterocycles. The van der Waals surface area contributed by atoms with E-state index in [4.69, 9.17) is 5.73 Å². The van der Waals surface area contributed by atoms with Crippen LogP contribution in [0.15, 0.2) is 35.4 Å².